The topological polar surface area (TPSA) is 111 Å². The Labute approximate surface area is 182 Å². The number of aromatic nitrogens is 1. The van der Waals surface area contributed by atoms with Gasteiger partial charge in [0, 0.05) is 38.8 Å². The minimum absolute atomic E-state index is 0.163. The van der Waals surface area contributed by atoms with Gasteiger partial charge in [0.1, 0.15) is 17.6 Å². The molecule has 0 radical (unpaired) electrons. The summed E-state index contributed by atoms with van der Waals surface area (Å²) in [6, 6.07) is 9.54. The number of hydrogen-bond acceptors (Lipinski definition) is 6. The van der Waals surface area contributed by atoms with E-state index in [4.69, 9.17) is 9.52 Å². The second-order valence-electron chi connectivity index (χ2n) is 7.99. The number of aliphatic imine (C=N–C) groups is 1. The summed E-state index contributed by atoms with van der Waals surface area (Å²) in [7, 11) is -3.45. The van der Waals surface area contributed by atoms with Crippen LogP contribution in [0.5, 0.6) is 0 Å². The molecule has 2 aromatic rings. The maximum absolute atomic E-state index is 12.7. The van der Waals surface area contributed by atoms with Crippen LogP contribution in [0.2, 0.25) is 0 Å². The molecule has 10 heteroatoms. The molecular weight excluding hydrogens is 418 g/mol. The number of guanidine groups is 1. The minimum Gasteiger partial charge on any atom is -0.383 e. The zero-order valence-electron chi connectivity index (χ0n) is 17.7. The zero-order valence-corrected chi connectivity index (χ0v) is 18.5. The first-order chi connectivity index (χ1) is 14.9. The van der Waals surface area contributed by atoms with Gasteiger partial charge in [0.25, 0.3) is 0 Å². The van der Waals surface area contributed by atoms with Crippen molar-refractivity contribution in [3.05, 3.63) is 53.4 Å². The van der Waals surface area contributed by atoms with Crippen LogP contribution in [0.15, 0.2) is 46.1 Å². The molecular formula is C21H29N5O4S. The van der Waals surface area contributed by atoms with Gasteiger partial charge in [-0.2, -0.15) is 4.31 Å². The van der Waals surface area contributed by atoms with E-state index in [-0.39, 0.29) is 12.3 Å². The summed E-state index contributed by atoms with van der Waals surface area (Å²) in [5, 5.41) is 18.2. The van der Waals surface area contributed by atoms with E-state index in [0.29, 0.717) is 50.8 Å². The lowest BCUT2D eigenvalue weighted by atomic mass is 9.96. The first kappa shape index (κ1) is 21.8. The summed E-state index contributed by atoms with van der Waals surface area (Å²) < 4.78 is 31.5. The van der Waals surface area contributed by atoms with E-state index in [0.717, 1.165) is 12.0 Å². The second-order valence-corrected chi connectivity index (χ2v) is 9.96. The lowest BCUT2D eigenvalue weighted by Crippen LogP contribution is -2.54. The Bertz CT molecular complexity index is 1020. The summed E-state index contributed by atoms with van der Waals surface area (Å²) in [6.07, 6.45) is 2.88. The highest BCUT2D eigenvalue weighted by Crippen LogP contribution is 2.36. The van der Waals surface area contributed by atoms with Crippen LogP contribution in [0.3, 0.4) is 0 Å². The Morgan fingerprint density at radius 1 is 1.26 bits per heavy atom. The molecule has 9 nitrogen and oxygen atoms in total. The standard InChI is InChI=1S/C21H29N5O4S/c1-2-22-20(23-16-21(27)9-7-17-5-3-4-6-19(17)21)25-10-12-26(13-11-25)31(28,29)15-18-8-14-30-24-18/h3-6,8,14,27H,2,7,9-13,15-16H2,1H3,(H,22,23). The van der Waals surface area contributed by atoms with Crippen molar-refractivity contribution in [1.29, 1.82) is 0 Å². The molecule has 0 spiro atoms. The van der Waals surface area contributed by atoms with Gasteiger partial charge in [-0.3, -0.25) is 0 Å². The molecule has 1 aromatic heterocycles. The Morgan fingerprint density at radius 3 is 2.74 bits per heavy atom. The van der Waals surface area contributed by atoms with Crippen LogP contribution in [-0.4, -0.2) is 73.1 Å². The maximum atomic E-state index is 12.7. The van der Waals surface area contributed by atoms with Gasteiger partial charge in [-0.05, 0) is 30.9 Å². The van der Waals surface area contributed by atoms with Gasteiger partial charge >= 0.3 is 0 Å². The van der Waals surface area contributed by atoms with Gasteiger partial charge in [0.05, 0.1) is 12.2 Å². The highest BCUT2D eigenvalue weighted by molar-refractivity contribution is 7.88. The van der Waals surface area contributed by atoms with Gasteiger partial charge in [0.15, 0.2) is 5.96 Å². The fraction of sp³-hybridized carbons (Fsp3) is 0.524. The fourth-order valence-electron chi connectivity index (χ4n) is 4.23. The monoisotopic (exact) mass is 447 g/mol. The highest BCUT2D eigenvalue weighted by atomic mass is 32.2. The van der Waals surface area contributed by atoms with Gasteiger partial charge in [0.2, 0.25) is 10.0 Å². The van der Waals surface area contributed by atoms with Gasteiger partial charge in [-0.15, -0.1) is 0 Å². The molecule has 0 bridgehead atoms. The summed E-state index contributed by atoms with van der Waals surface area (Å²) >= 11 is 0. The molecule has 4 rings (SSSR count). The number of piperazine rings is 1. The lowest BCUT2D eigenvalue weighted by Gasteiger charge is -2.36. The number of nitrogens with one attached hydrogen (secondary N) is 1. The lowest BCUT2D eigenvalue weighted by molar-refractivity contribution is 0.0482. The van der Waals surface area contributed by atoms with Crippen molar-refractivity contribution in [3.8, 4) is 0 Å². The van der Waals surface area contributed by atoms with Crippen LogP contribution in [0.25, 0.3) is 0 Å². The molecule has 2 N–H and O–H groups in total. The summed E-state index contributed by atoms with van der Waals surface area (Å²) in [6.45, 7) is 4.76. The number of hydrogen-bond donors (Lipinski definition) is 2. The quantitative estimate of drug-likeness (QED) is 0.500. The molecule has 31 heavy (non-hydrogen) atoms. The van der Waals surface area contributed by atoms with Crippen molar-refractivity contribution in [2.24, 2.45) is 4.99 Å². The number of aryl methyl sites for hydroxylation is 1. The van der Waals surface area contributed by atoms with E-state index in [2.05, 4.69) is 21.4 Å². The minimum atomic E-state index is -3.45. The molecule has 1 fully saturated rings. The number of rotatable bonds is 6. The van der Waals surface area contributed by atoms with Crippen LogP contribution < -0.4 is 5.32 Å². The molecule has 0 amide bonds. The van der Waals surface area contributed by atoms with Crippen molar-refractivity contribution in [1.82, 2.24) is 19.7 Å². The number of sulfonamides is 1. The van der Waals surface area contributed by atoms with Gasteiger partial charge in [-0.25, -0.2) is 13.4 Å². The van der Waals surface area contributed by atoms with Gasteiger partial charge < -0.3 is 19.8 Å². The normalized spacial score (nSPS) is 22.5. The average molecular weight is 448 g/mol. The SMILES string of the molecule is CCNC(=NCC1(O)CCc2ccccc21)N1CCN(S(=O)(=O)Cc2ccon2)CC1. The van der Waals surface area contributed by atoms with E-state index < -0.39 is 15.6 Å². The summed E-state index contributed by atoms with van der Waals surface area (Å²) in [4.78, 5) is 6.78. The summed E-state index contributed by atoms with van der Waals surface area (Å²) in [5.41, 5.74) is 1.58. The first-order valence-electron chi connectivity index (χ1n) is 10.6. The number of fused-ring (bicyclic) bond motifs is 1. The predicted molar refractivity (Wildman–Crippen MR) is 117 cm³/mol. The molecule has 1 saturated heterocycles. The Morgan fingerprint density at radius 2 is 2.03 bits per heavy atom. The van der Waals surface area contributed by atoms with Gasteiger partial charge in [-0.1, -0.05) is 29.4 Å². The third-order valence-corrected chi connectivity index (χ3v) is 7.72. The molecule has 0 saturated carbocycles. The molecule has 168 valence electrons. The third-order valence-electron chi connectivity index (χ3n) is 5.91. The largest absolute Gasteiger partial charge is 0.383 e. The third kappa shape index (κ3) is 4.76. The molecule has 1 atom stereocenters. The molecule has 1 aliphatic carbocycles. The zero-order chi connectivity index (χ0) is 21.9. The Hall–Kier alpha value is -2.43. The van der Waals surface area contributed by atoms with Crippen LogP contribution in [0.1, 0.15) is 30.2 Å². The molecule has 2 heterocycles. The Kier molecular flexibility index (Phi) is 6.31. The second kappa shape index (κ2) is 8.97. The summed E-state index contributed by atoms with van der Waals surface area (Å²) in [5.74, 6) is 0.540. The van der Waals surface area contributed by atoms with Crippen molar-refractivity contribution in [3.63, 3.8) is 0 Å². The van der Waals surface area contributed by atoms with E-state index >= 15 is 0 Å². The molecule has 1 aliphatic heterocycles. The number of nitrogens with zero attached hydrogens (tertiary/aromatic N) is 4. The Balaban J connectivity index is 1.41. The van der Waals surface area contributed by atoms with E-state index in [9.17, 15) is 13.5 Å². The van der Waals surface area contributed by atoms with E-state index in [1.54, 1.807) is 6.07 Å². The van der Waals surface area contributed by atoms with Crippen molar-refractivity contribution < 1.29 is 18.0 Å². The average Bonchev–Trinajstić information content (AvgIpc) is 3.39. The molecule has 1 unspecified atom stereocenters. The van der Waals surface area contributed by atoms with Crippen molar-refractivity contribution in [2.75, 3.05) is 39.3 Å². The van der Waals surface area contributed by atoms with Crippen molar-refractivity contribution in [2.45, 2.75) is 31.1 Å². The van der Waals surface area contributed by atoms with Crippen LogP contribution in [0.4, 0.5) is 0 Å². The first-order valence-corrected chi connectivity index (χ1v) is 12.2. The van der Waals surface area contributed by atoms with Crippen LogP contribution in [-0.2, 0) is 27.8 Å². The van der Waals surface area contributed by atoms with E-state index in [1.165, 1.54) is 16.1 Å². The maximum Gasteiger partial charge on any atom is 0.220 e. The van der Waals surface area contributed by atoms with Crippen LogP contribution in [0, 0.1) is 0 Å². The fourth-order valence-corrected chi connectivity index (χ4v) is 5.66. The predicted octanol–water partition coefficient (Wildman–Crippen LogP) is 0.922. The van der Waals surface area contributed by atoms with Crippen LogP contribution >= 0.6 is 0 Å². The number of aliphatic hydroxyl groups is 1. The number of benzene rings is 1. The molecule has 2 aliphatic rings. The van der Waals surface area contributed by atoms with E-state index in [1.807, 2.05) is 25.1 Å². The highest BCUT2D eigenvalue weighted by Gasteiger charge is 2.36. The smallest absolute Gasteiger partial charge is 0.220 e. The van der Waals surface area contributed by atoms with Crippen molar-refractivity contribution >= 4 is 16.0 Å². The molecule has 1 aromatic carbocycles.